The van der Waals surface area contributed by atoms with Crippen LogP contribution in [0.1, 0.15) is 25.7 Å². The maximum atomic E-state index is 5.91. The van der Waals surface area contributed by atoms with Crippen molar-refractivity contribution in [3.63, 3.8) is 0 Å². The molecule has 0 amide bonds. The highest BCUT2D eigenvalue weighted by atomic mass is 127. The zero-order valence-corrected chi connectivity index (χ0v) is 18.9. The number of hydrogen-bond acceptors (Lipinski definition) is 6. The maximum absolute atomic E-state index is 5.91. The molecule has 4 heterocycles. The van der Waals surface area contributed by atoms with Crippen LogP contribution in [0.15, 0.2) is 23.5 Å². The van der Waals surface area contributed by atoms with E-state index in [-0.39, 0.29) is 24.0 Å². The van der Waals surface area contributed by atoms with Gasteiger partial charge < -0.3 is 20.3 Å². The first kappa shape index (κ1) is 21.5. The molecule has 1 aromatic rings. The summed E-state index contributed by atoms with van der Waals surface area (Å²) in [6.45, 7) is 6.14. The van der Waals surface area contributed by atoms with Gasteiger partial charge in [-0.1, -0.05) is 0 Å². The van der Waals surface area contributed by atoms with Gasteiger partial charge in [-0.25, -0.2) is 9.97 Å². The van der Waals surface area contributed by atoms with Gasteiger partial charge in [0.2, 0.25) is 5.95 Å². The Hall–Kier alpha value is -1.20. The minimum absolute atomic E-state index is 0. The monoisotopic (exact) mass is 501 g/mol. The van der Waals surface area contributed by atoms with Crippen LogP contribution in [0.2, 0.25) is 0 Å². The summed E-state index contributed by atoms with van der Waals surface area (Å²) in [6.07, 6.45) is 9.08. The van der Waals surface area contributed by atoms with Crippen LogP contribution < -0.4 is 15.5 Å². The van der Waals surface area contributed by atoms with Crippen molar-refractivity contribution in [2.45, 2.75) is 43.9 Å². The van der Waals surface area contributed by atoms with E-state index in [0.717, 1.165) is 64.0 Å². The molecule has 0 spiro atoms. The van der Waals surface area contributed by atoms with Gasteiger partial charge in [-0.05, 0) is 38.3 Å². The first-order valence-electron chi connectivity index (χ1n) is 10.2. The van der Waals surface area contributed by atoms with Crippen LogP contribution in [0.4, 0.5) is 5.95 Å². The normalized spacial score (nSPS) is 27.5. The van der Waals surface area contributed by atoms with Crippen LogP contribution in [-0.2, 0) is 4.74 Å². The van der Waals surface area contributed by atoms with Crippen LogP contribution in [0.5, 0.6) is 0 Å². The Morgan fingerprint density at radius 2 is 2.00 bits per heavy atom. The second-order valence-electron chi connectivity index (χ2n) is 7.59. The summed E-state index contributed by atoms with van der Waals surface area (Å²) in [6, 6.07) is 2.28. The van der Waals surface area contributed by atoms with E-state index >= 15 is 0 Å². The van der Waals surface area contributed by atoms with E-state index in [4.69, 9.17) is 4.74 Å². The van der Waals surface area contributed by atoms with Crippen LogP contribution in [0.25, 0.3) is 0 Å². The topological polar surface area (TPSA) is 77.9 Å². The molecule has 0 aliphatic carbocycles. The van der Waals surface area contributed by atoms with Crippen LogP contribution in [0, 0.1) is 0 Å². The standard InChI is InChI=1S/C19H31N7O.HI/c1-20-18(24-16-14-15-4-5-17(16)27-15)21-8-3-9-25-10-12-26(13-11-25)19-22-6-2-7-23-19;/h2,6-7,15-17H,3-5,8-14H2,1H3,(H2,20,21,24);1H. The number of nitrogens with zero attached hydrogens (tertiary/aromatic N) is 5. The summed E-state index contributed by atoms with van der Waals surface area (Å²) in [5.41, 5.74) is 0. The first-order chi connectivity index (χ1) is 13.3. The molecule has 28 heavy (non-hydrogen) atoms. The molecule has 9 heteroatoms. The third kappa shape index (κ3) is 5.44. The van der Waals surface area contributed by atoms with E-state index in [9.17, 15) is 0 Å². The minimum Gasteiger partial charge on any atom is -0.373 e. The summed E-state index contributed by atoms with van der Waals surface area (Å²) in [5, 5.41) is 7.00. The molecule has 2 bridgehead atoms. The number of aliphatic imine (C=N–C) groups is 1. The van der Waals surface area contributed by atoms with Gasteiger partial charge in [0.1, 0.15) is 0 Å². The Bertz CT molecular complexity index is 624. The van der Waals surface area contributed by atoms with E-state index in [1.54, 1.807) is 0 Å². The van der Waals surface area contributed by atoms with Crippen molar-refractivity contribution in [3.05, 3.63) is 18.5 Å². The Morgan fingerprint density at radius 1 is 1.21 bits per heavy atom. The van der Waals surface area contributed by atoms with Crippen LogP contribution in [-0.4, -0.2) is 85.4 Å². The second-order valence-corrected chi connectivity index (χ2v) is 7.59. The van der Waals surface area contributed by atoms with Crippen LogP contribution in [0.3, 0.4) is 0 Å². The molecule has 0 aromatic carbocycles. The molecule has 4 rings (SSSR count). The highest BCUT2D eigenvalue weighted by Crippen LogP contribution is 2.34. The van der Waals surface area contributed by atoms with Crippen molar-refractivity contribution in [2.24, 2.45) is 4.99 Å². The van der Waals surface area contributed by atoms with E-state index < -0.39 is 0 Å². The maximum Gasteiger partial charge on any atom is 0.225 e. The molecule has 3 aliphatic rings. The number of piperazine rings is 1. The van der Waals surface area contributed by atoms with Crippen molar-refractivity contribution in [1.29, 1.82) is 0 Å². The zero-order valence-electron chi connectivity index (χ0n) is 16.6. The van der Waals surface area contributed by atoms with Gasteiger partial charge in [-0.2, -0.15) is 0 Å². The lowest BCUT2D eigenvalue weighted by Crippen LogP contribution is -2.49. The lowest BCUT2D eigenvalue weighted by Gasteiger charge is -2.34. The summed E-state index contributed by atoms with van der Waals surface area (Å²) < 4.78 is 5.91. The highest BCUT2D eigenvalue weighted by Gasteiger charge is 2.41. The number of aromatic nitrogens is 2. The fourth-order valence-corrected chi connectivity index (χ4v) is 4.30. The third-order valence-corrected chi connectivity index (χ3v) is 5.80. The number of nitrogens with one attached hydrogen (secondary N) is 2. The molecule has 2 N–H and O–H groups in total. The lowest BCUT2D eigenvalue weighted by molar-refractivity contribution is 0.0992. The number of fused-ring (bicyclic) bond motifs is 2. The molecule has 3 unspecified atom stereocenters. The van der Waals surface area contributed by atoms with Crippen molar-refractivity contribution in [2.75, 3.05) is 51.2 Å². The number of hydrogen-bond donors (Lipinski definition) is 2. The van der Waals surface area contributed by atoms with Gasteiger partial charge in [0, 0.05) is 52.2 Å². The van der Waals surface area contributed by atoms with Crippen molar-refractivity contribution in [3.8, 4) is 0 Å². The van der Waals surface area contributed by atoms with Gasteiger partial charge in [0.25, 0.3) is 0 Å². The number of anilines is 1. The van der Waals surface area contributed by atoms with Gasteiger partial charge in [0.15, 0.2) is 5.96 Å². The first-order valence-corrected chi connectivity index (χ1v) is 10.2. The number of ether oxygens (including phenoxy) is 1. The molecular formula is C19H32IN7O. The Kier molecular flexibility index (Phi) is 8.10. The SMILES string of the molecule is CN=C(NCCCN1CCN(c2ncccn2)CC1)NC1CC2CCC1O2.I. The molecule has 0 radical (unpaired) electrons. The average Bonchev–Trinajstić information content (AvgIpc) is 3.34. The fraction of sp³-hybridized carbons (Fsp3) is 0.737. The van der Waals surface area contributed by atoms with E-state index in [0.29, 0.717) is 18.2 Å². The lowest BCUT2D eigenvalue weighted by atomic mass is 9.96. The number of halogens is 1. The Morgan fingerprint density at radius 3 is 2.64 bits per heavy atom. The largest absolute Gasteiger partial charge is 0.373 e. The van der Waals surface area contributed by atoms with Crippen molar-refractivity contribution in [1.82, 2.24) is 25.5 Å². The van der Waals surface area contributed by atoms with Gasteiger partial charge in [0.05, 0.1) is 18.2 Å². The van der Waals surface area contributed by atoms with Gasteiger partial charge in [-0.15, -0.1) is 24.0 Å². The van der Waals surface area contributed by atoms with E-state index in [1.165, 1.54) is 12.8 Å². The molecule has 3 saturated heterocycles. The minimum atomic E-state index is 0. The fourth-order valence-electron chi connectivity index (χ4n) is 4.30. The molecule has 156 valence electrons. The molecule has 0 saturated carbocycles. The van der Waals surface area contributed by atoms with Crippen molar-refractivity contribution >= 4 is 35.9 Å². The highest BCUT2D eigenvalue weighted by molar-refractivity contribution is 14.0. The quantitative estimate of drug-likeness (QED) is 0.262. The summed E-state index contributed by atoms with van der Waals surface area (Å²) in [7, 11) is 1.84. The zero-order chi connectivity index (χ0) is 18.5. The predicted octanol–water partition coefficient (Wildman–Crippen LogP) is 1.09. The van der Waals surface area contributed by atoms with Gasteiger partial charge >= 0.3 is 0 Å². The van der Waals surface area contributed by atoms with Gasteiger partial charge in [-0.3, -0.25) is 9.89 Å². The number of guanidine groups is 1. The van der Waals surface area contributed by atoms with E-state index in [2.05, 4.69) is 35.4 Å². The Labute approximate surface area is 184 Å². The third-order valence-electron chi connectivity index (χ3n) is 5.80. The molecular weight excluding hydrogens is 469 g/mol. The number of rotatable bonds is 6. The molecule has 3 fully saturated rings. The second kappa shape index (κ2) is 10.5. The predicted molar refractivity (Wildman–Crippen MR) is 122 cm³/mol. The smallest absolute Gasteiger partial charge is 0.225 e. The van der Waals surface area contributed by atoms with E-state index in [1.807, 2.05) is 25.5 Å². The summed E-state index contributed by atoms with van der Waals surface area (Å²) >= 11 is 0. The van der Waals surface area contributed by atoms with Crippen molar-refractivity contribution < 1.29 is 4.74 Å². The summed E-state index contributed by atoms with van der Waals surface area (Å²) in [4.78, 5) is 17.8. The molecule has 8 nitrogen and oxygen atoms in total. The Balaban J connectivity index is 0.00000225. The molecule has 3 atom stereocenters. The average molecular weight is 501 g/mol. The van der Waals surface area contributed by atoms with Crippen LogP contribution >= 0.6 is 24.0 Å². The molecule has 3 aliphatic heterocycles. The molecule has 1 aromatic heterocycles. The summed E-state index contributed by atoms with van der Waals surface area (Å²) in [5.74, 6) is 1.75.